The Hall–Kier alpha value is -1.85. The van der Waals surface area contributed by atoms with Crippen LogP contribution in [-0.4, -0.2) is 42.2 Å². The highest BCUT2D eigenvalue weighted by Crippen LogP contribution is 2.33. The molecule has 1 aromatic rings. The van der Waals surface area contributed by atoms with E-state index in [0.29, 0.717) is 24.8 Å². The third-order valence-corrected chi connectivity index (χ3v) is 2.73. The van der Waals surface area contributed by atoms with Gasteiger partial charge in [-0.05, 0) is 13.8 Å². The van der Waals surface area contributed by atoms with Crippen molar-refractivity contribution < 1.29 is 14.3 Å². The Balaban J connectivity index is 2.44. The smallest absolute Gasteiger partial charge is 0.359 e. The first kappa shape index (κ1) is 11.6. The molecule has 1 aliphatic heterocycles. The molecule has 6 heteroatoms. The molecule has 0 aliphatic carbocycles. The summed E-state index contributed by atoms with van der Waals surface area (Å²) in [5.74, 6) is -0.0145. The fourth-order valence-corrected chi connectivity index (χ4v) is 1.67. The van der Waals surface area contributed by atoms with Gasteiger partial charge in [0, 0.05) is 7.05 Å². The number of nitrogens with zero attached hydrogens (tertiary/aromatic N) is 3. The molecule has 2 rings (SSSR count). The fraction of sp³-hybridized carbons (Fsp3) is 0.545. The monoisotopic (exact) mass is 237 g/mol. The highest BCUT2D eigenvalue weighted by molar-refractivity contribution is 5.95. The Morgan fingerprint density at radius 2 is 2.41 bits per heavy atom. The highest BCUT2D eigenvalue weighted by atomic mass is 16.5. The molecule has 1 unspecified atom stereocenters. The third kappa shape index (κ3) is 2.02. The van der Waals surface area contributed by atoms with E-state index in [1.54, 1.807) is 6.92 Å². The largest absolute Gasteiger partial charge is 0.474 e. The average molecular weight is 237 g/mol. The molecule has 1 atom stereocenters. The maximum absolute atomic E-state index is 11.8. The van der Waals surface area contributed by atoms with Crippen LogP contribution in [0.4, 0.5) is 5.69 Å². The molecule has 0 saturated carbocycles. The van der Waals surface area contributed by atoms with E-state index in [1.165, 1.54) is 6.33 Å². The van der Waals surface area contributed by atoms with Crippen molar-refractivity contribution in [2.45, 2.75) is 19.9 Å². The lowest BCUT2D eigenvalue weighted by atomic mass is 10.2. The zero-order valence-corrected chi connectivity index (χ0v) is 10.1. The first-order chi connectivity index (χ1) is 8.15. The van der Waals surface area contributed by atoms with Gasteiger partial charge in [0.1, 0.15) is 18.6 Å². The van der Waals surface area contributed by atoms with E-state index in [0.717, 1.165) is 0 Å². The number of hydrogen-bond donors (Lipinski definition) is 0. The summed E-state index contributed by atoms with van der Waals surface area (Å²) in [6.45, 7) is 4.62. The van der Waals surface area contributed by atoms with Gasteiger partial charge in [-0.1, -0.05) is 0 Å². The van der Waals surface area contributed by atoms with Crippen molar-refractivity contribution in [2.75, 3.05) is 25.2 Å². The Bertz CT molecular complexity index is 436. The van der Waals surface area contributed by atoms with Crippen molar-refractivity contribution in [3.63, 3.8) is 0 Å². The molecule has 0 radical (unpaired) electrons. The summed E-state index contributed by atoms with van der Waals surface area (Å²) >= 11 is 0. The highest BCUT2D eigenvalue weighted by Gasteiger charge is 2.29. The van der Waals surface area contributed by atoms with Crippen LogP contribution in [0.25, 0.3) is 0 Å². The summed E-state index contributed by atoms with van der Waals surface area (Å²) in [7, 11) is 1.89. The third-order valence-electron chi connectivity index (χ3n) is 2.73. The first-order valence-corrected chi connectivity index (χ1v) is 5.53. The summed E-state index contributed by atoms with van der Waals surface area (Å²) in [4.78, 5) is 21.7. The van der Waals surface area contributed by atoms with Crippen LogP contribution in [0, 0.1) is 0 Å². The number of rotatable bonds is 2. The Morgan fingerprint density at radius 1 is 1.65 bits per heavy atom. The molecule has 0 aromatic carbocycles. The number of esters is 1. The lowest BCUT2D eigenvalue weighted by Gasteiger charge is -2.33. The van der Waals surface area contributed by atoms with Crippen LogP contribution in [0.2, 0.25) is 0 Å². The quantitative estimate of drug-likeness (QED) is 0.711. The van der Waals surface area contributed by atoms with Crippen molar-refractivity contribution in [2.24, 2.45) is 0 Å². The van der Waals surface area contributed by atoms with Gasteiger partial charge in [-0.3, -0.25) is 0 Å². The SMILES string of the molecule is CCOC(=O)c1ncnc2c1N(C)C(C)CO2. The number of fused-ring (bicyclic) bond motifs is 1. The molecular formula is C11H15N3O3. The van der Waals surface area contributed by atoms with Crippen molar-refractivity contribution in [1.82, 2.24) is 9.97 Å². The molecule has 1 aliphatic rings. The summed E-state index contributed by atoms with van der Waals surface area (Å²) in [6, 6.07) is 0.168. The molecule has 92 valence electrons. The topological polar surface area (TPSA) is 64.5 Å². The Labute approximate surface area is 99.6 Å². The molecule has 0 saturated heterocycles. The number of likely N-dealkylation sites (N-methyl/N-ethyl adjacent to an activating group) is 1. The number of aromatic nitrogens is 2. The zero-order valence-electron chi connectivity index (χ0n) is 10.1. The van der Waals surface area contributed by atoms with E-state index < -0.39 is 5.97 Å². The maximum Gasteiger partial charge on any atom is 0.359 e. The van der Waals surface area contributed by atoms with E-state index in [4.69, 9.17) is 9.47 Å². The molecule has 0 spiro atoms. The lowest BCUT2D eigenvalue weighted by Crippen LogP contribution is -2.39. The molecule has 0 amide bonds. The van der Waals surface area contributed by atoms with Crippen LogP contribution in [0.1, 0.15) is 24.3 Å². The normalized spacial score (nSPS) is 18.3. The second kappa shape index (κ2) is 4.57. The first-order valence-electron chi connectivity index (χ1n) is 5.53. The van der Waals surface area contributed by atoms with Crippen LogP contribution < -0.4 is 9.64 Å². The van der Waals surface area contributed by atoms with E-state index in [1.807, 2.05) is 18.9 Å². The van der Waals surface area contributed by atoms with Crippen LogP contribution in [-0.2, 0) is 4.74 Å². The minimum absolute atomic E-state index is 0.168. The maximum atomic E-state index is 11.8. The Morgan fingerprint density at radius 3 is 3.12 bits per heavy atom. The standard InChI is InChI=1S/C11H15N3O3/c1-4-16-11(15)8-9-10(13-6-12-8)17-5-7(2)14(9)3/h6-7H,4-5H2,1-3H3. The van der Waals surface area contributed by atoms with Gasteiger partial charge in [-0.25, -0.2) is 9.78 Å². The van der Waals surface area contributed by atoms with Crippen molar-refractivity contribution >= 4 is 11.7 Å². The summed E-state index contributed by atoms with van der Waals surface area (Å²) in [5.41, 5.74) is 0.857. The van der Waals surface area contributed by atoms with Crippen molar-refractivity contribution in [3.8, 4) is 5.88 Å². The Kier molecular flexibility index (Phi) is 3.12. The summed E-state index contributed by atoms with van der Waals surface area (Å²) in [6.07, 6.45) is 1.31. The number of carbonyl (C=O) groups excluding carboxylic acids is 1. The molecule has 17 heavy (non-hydrogen) atoms. The average Bonchev–Trinajstić information content (AvgIpc) is 2.33. The predicted octanol–water partition coefficient (Wildman–Crippen LogP) is 0.870. The molecule has 1 aromatic heterocycles. The minimum Gasteiger partial charge on any atom is -0.474 e. The van der Waals surface area contributed by atoms with Gasteiger partial charge in [-0.2, -0.15) is 4.98 Å². The molecular weight excluding hydrogens is 222 g/mol. The van der Waals surface area contributed by atoms with Crippen LogP contribution in [0.5, 0.6) is 5.88 Å². The van der Waals surface area contributed by atoms with E-state index >= 15 is 0 Å². The summed E-state index contributed by atoms with van der Waals surface area (Å²) in [5, 5.41) is 0. The molecule has 0 fully saturated rings. The lowest BCUT2D eigenvalue weighted by molar-refractivity contribution is 0.0518. The molecule has 0 bridgehead atoms. The second-order valence-electron chi connectivity index (χ2n) is 3.87. The van der Waals surface area contributed by atoms with E-state index in [2.05, 4.69) is 9.97 Å². The van der Waals surface area contributed by atoms with Crippen LogP contribution >= 0.6 is 0 Å². The molecule has 0 N–H and O–H groups in total. The van der Waals surface area contributed by atoms with E-state index in [9.17, 15) is 4.79 Å². The van der Waals surface area contributed by atoms with Gasteiger partial charge >= 0.3 is 5.97 Å². The van der Waals surface area contributed by atoms with Gasteiger partial charge in [0.2, 0.25) is 5.88 Å². The zero-order chi connectivity index (χ0) is 12.4. The van der Waals surface area contributed by atoms with Gasteiger partial charge in [0.15, 0.2) is 5.69 Å². The van der Waals surface area contributed by atoms with Gasteiger partial charge < -0.3 is 14.4 Å². The van der Waals surface area contributed by atoms with E-state index in [-0.39, 0.29) is 11.7 Å². The fourth-order valence-electron chi connectivity index (χ4n) is 1.67. The number of hydrogen-bond acceptors (Lipinski definition) is 6. The number of anilines is 1. The second-order valence-corrected chi connectivity index (χ2v) is 3.87. The predicted molar refractivity (Wildman–Crippen MR) is 61.3 cm³/mol. The van der Waals surface area contributed by atoms with Gasteiger partial charge in [0.05, 0.1) is 12.6 Å². The van der Waals surface area contributed by atoms with Gasteiger partial charge in [0.25, 0.3) is 0 Å². The number of ether oxygens (including phenoxy) is 2. The minimum atomic E-state index is -0.448. The van der Waals surface area contributed by atoms with Crippen molar-refractivity contribution in [3.05, 3.63) is 12.0 Å². The van der Waals surface area contributed by atoms with Crippen molar-refractivity contribution in [1.29, 1.82) is 0 Å². The van der Waals surface area contributed by atoms with Crippen LogP contribution in [0.3, 0.4) is 0 Å². The molecule has 6 nitrogen and oxygen atoms in total. The van der Waals surface area contributed by atoms with Gasteiger partial charge in [-0.15, -0.1) is 0 Å². The number of carbonyl (C=O) groups is 1. The molecule has 2 heterocycles. The van der Waals surface area contributed by atoms with Crippen LogP contribution in [0.15, 0.2) is 6.33 Å². The summed E-state index contributed by atoms with van der Waals surface area (Å²) < 4.78 is 10.4.